The Morgan fingerprint density at radius 2 is 1.73 bits per heavy atom. The van der Waals surface area contributed by atoms with Crippen molar-refractivity contribution in [2.45, 2.75) is 44.6 Å². The van der Waals surface area contributed by atoms with Gasteiger partial charge in [0.2, 0.25) is 0 Å². The van der Waals surface area contributed by atoms with Crippen molar-refractivity contribution in [1.82, 2.24) is 0 Å². The zero-order valence-corrected chi connectivity index (χ0v) is 7.62. The molecule has 66 valence electrons. The van der Waals surface area contributed by atoms with Crippen LogP contribution < -0.4 is 0 Å². The van der Waals surface area contributed by atoms with Crippen LogP contribution in [-0.4, -0.2) is 16.5 Å². The smallest absolute Gasteiger partial charge is 0.161 e. The van der Waals surface area contributed by atoms with Gasteiger partial charge in [-0.1, -0.05) is 19.3 Å². The molecule has 1 aliphatic carbocycles. The highest BCUT2D eigenvalue weighted by molar-refractivity contribution is 5.85. The van der Waals surface area contributed by atoms with Crippen molar-refractivity contribution in [1.29, 1.82) is 0 Å². The van der Waals surface area contributed by atoms with Crippen LogP contribution in [0.2, 0.25) is 0 Å². The Kier molecular flexibility index (Phi) is 4.04. The maximum Gasteiger partial charge on any atom is 0.161 e. The Balaban J connectivity index is 0.000001000. The second-order valence-electron chi connectivity index (χ2n) is 3.15. The molecule has 0 aliphatic heterocycles. The molecule has 0 radical (unpaired) electrons. The SMILES string of the molecule is CC(=O)C1(O)CCCCC1.Cl. The standard InChI is InChI=1S/C8H14O2.ClH/c1-7(9)8(10)5-3-2-4-6-8;/h10H,2-6H2,1H3;1H. The van der Waals surface area contributed by atoms with Gasteiger partial charge in [0.1, 0.15) is 5.60 Å². The fourth-order valence-electron chi connectivity index (χ4n) is 1.49. The van der Waals surface area contributed by atoms with E-state index >= 15 is 0 Å². The second-order valence-corrected chi connectivity index (χ2v) is 3.15. The predicted molar refractivity (Wildman–Crippen MR) is 46.0 cm³/mol. The Labute approximate surface area is 73.4 Å². The summed E-state index contributed by atoms with van der Waals surface area (Å²) in [6, 6.07) is 0. The number of ketones is 1. The molecule has 1 aliphatic rings. The van der Waals surface area contributed by atoms with Crippen LogP contribution in [0, 0.1) is 0 Å². The summed E-state index contributed by atoms with van der Waals surface area (Å²) in [5.41, 5.74) is -0.960. The summed E-state index contributed by atoms with van der Waals surface area (Å²) in [5.74, 6) is -0.0628. The molecule has 0 bridgehead atoms. The molecule has 1 fully saturated rings. The molecule has 0 spiro atoms. The fourth-order valence-corrected chi connectivity index (χ4v) is 1.49. The van der Waals surface area contributed by atoms with Crippen LogP contribution >= 0.6 is 12.4 Å². The van der Waals surface area contributed by atoms with E-state index in [4.69, 9.17) is 0 Å². The number of hydrogen-bond donors (Lipinski definition) is 1. The molecule has 0 heterocycles. The molecule has 1 N–H and O–H groups in total. The van der Waals surface area contributed by atoms with Crippen molar-refractivity contribution in [2.75, 3.05) is 0 Å². The number of rotatable bonds is 1. The van der Waals surface area contributed by atoms with Gasteiger partial charge in [-0.05, 0) is 19.8 Å². The van der Waals surface area contributed by atoms with Crippen molar-refractivity contribution in [2.24, 2.45) is 0 Å². The van der Waals surface area contributed by atoms with E-state index < -0.39 is 5.60 Å². The number of halogens is 1. The average Bonchev–Trinajstić information content (AvgIpc) is 1.89. The first-order chi connectivity index (χ1) is 4.65. The molecule has 3 heteroatoms. The van der Waals surface area contributed by atoms with Crippen LogP contribution in [0.4, 0.5) is 0 Å². The summed E-state index contributed by atoms with van der Waals surface area (Å²) in [7, 11) is 0. The summed E-state index contributed by atoms with van der Waals surface area (Å²) in [6.45, 7) is 1.48. The summed E-state index contributed by atoms with van der Waals surface area (Å²) in [6.07, 6.45) is 4.49. The van der Waals surface area contributed by atoms with Crippen molar-refractivity contribution >= 4 is 18.2 Å². The van der Waals surface area contributed by atoms with Crippen LogP contribution in [0.1, 0.15) is 39.0 Å². The monoisotopic (exact) mass is 178 g/mol. The number of Topliss-reactive ketones (excluding diaryl/α,β-unsaturated/α-hetero) is 1. The van der Waals surface area contributed by atoms with Crippen LogP contribution in [0.5, 0.6) is 0 Å². The summed E-state index contributed by atoms with van der Waals surface area (Å²) in [5, 5.41) is 9.60. The Hall–Kier alpha value is -0.0800. The highest BCUT2D eigenvalue weighted by Crippen LogP contribution is 2.28. The number of hydrogen-bond acceptors (Lipinski definition) is 2. The van der Waals surface area contributed by atoms with Crippen molar-refractivity contribution in [3.05, 3.63) is 0 Å². The van der Waals surface area contributed by atoms with Gasteiger partial charge in [-0.3, -0.25) is 4.79 Å². The third-order valence-corrected chi connectivity index (χ3v) is 2.34. The molecule has 0 unspecified atom stereocenters. The Bertz CT molecular complexity index is 139. The number of carbonyl (C=O) groups is 1. The van der Waals surface area contributed by atoms with Gasteiger partial charge >= 0.3 is 0 Å². The maximum atomic E-state index is 10.9. The minimum absolute atomic E-state index is 0. The van der Waals surface area contributed by atoms with E-state index in [0.717, 1.165) is 19.3 Å². The van der Waals surface area contributed by atoms with E-state index in [0.29, 0.717) is 12.8 Å². The van der Waals surface area contributed by atoms with Crippen LogP contribution in [0.15, 0.2) is 0 Å². The molecular weight excluding hydrogens is 164 g/mol. The first-order valence-electron chi connectivity index (χ1n) is 3.88. The summed E-state index contributed by atoms with van der Waals surface area (Å²) < 4.78 is 0. The lowest BCUT2D eigenvalue weighted by Crippen LogP contribution is -2.38. The van der Waals surface area contributed by atoms with E-state index in [1.807, 2.05) is 0 Å². The number of aliphatic hydroxyl groups is 1. The van der Waals surface area contributed by atoms with Crippen LogP contribution in [-0.2, 0) is 4.79 Å². The zero-order valence-electron chi connectivity index (χ0n) is 6.80. The van der Waals surface area contributed by atoms with E-state index in [-0.39, 0.29) is 18.2 Å². The molecule has 2 nitrogen and oxygen atoms in total. The molecule has 0 aromatic heterocycles. The zero-order chi connectivity index (χ0) is 7.61. The van der Waals surface area contributed by atoms with Gasteiger partial charge in [0.25, 0.3) is 0 Å². The molecular formula is C8H15ClO2. The molecule has 1 saturated carbocycles. The molecule has 1 rings (SSSR count). The maximum absolute atomic E-state index is 10.9. The predicted octanol–water partition coefficient (Wildman–Crippen LogP) is 1.69. The minimum Gasteiger partial charge on any atom is -0.382 e. The van der Waals surface area contributed by atoms with Crippen molar-refractivity contribution < 1.29 is 9.90 Å². The van der Waals surface area contributed by atoms with Gasteiger partial charge in [-0.25, -0.2) is 0 Å². The number of carbonyl (C=O) groups excluding carboxylic acids is 1. The summed E-state index contributed by atoms with van der Waals surface area (Å²) in [4.78, 5) is 10.9. The largest absolute Gasteiger partial charge is 0.382 e. The van der Waals surface area contributed by atoms with Gasteiger partial charge in [0.05, 0.1) is 0 Å². The first kappa shape index (κ1) is 10.9. The molecule has 0 saturated heterocycles. The lowest BCUT2D eigenvalue weighted by Gasteiger charge is -2.28. The minimum atomic E-state index is -0.960. The van der Waals surface area contributed by atoms with Gasteiger partial charge in [-0.15, -0.1) is 12.4 Å². The average molecular weight is 179 g/mol. The normalized spacial score (nSPS) is 22.0. The van der Waals surface area contributed by atoms with E-state index in [1.54, 1.807) is 0 Å². The molecule has 0 atom stereocenters. The highest BCUT2D eigenvalue weighted by Gasteiger charge is 2.33. The summed E-state index contributed by atoms with van der Waals surface area (Å²) >= 11 is 0. The van der Waals surface area contributed by atoms with Crippen molar-refractivity contribution in [3.63, 3.8) is 0 Å². The van der Waals surface area contributed by atoms with E-state index in [1.165, 1.54) is 6.92 Å². The third-order valence-electron chi connectivity index (χ3n) is 2.34. The highest BCUT2D eigenvalue weighted by atomic mass is 35.5. The Morgan fingerprint density at radius 1 is 1.27 bits per heavy atom. The van der Waals surface area contributed by atoms with Crippen LogP contribution in [0.25, 0.3) is 0 Å². The first-order valence-corrected chi connectivity index (χ1v) is 3.88. The Morgan fingerprint density at radius 3 is 2.00 bits per heavy atom. The van der Waals surface area contributed by atoms with Crippen molar-refractivity contribution in [3.8, 4) is 0 Å². The van der Waals surface area contributed by atoms with E-state index in [2.05, 4.69) is 0 Å². The quantitative estimate of drug-likeness (QED) is 0.664. The third kappa shape index (κ3) is 2.46. The van der Waals surface area contributed by atoms with E-state index in [9.17, 15) is 9.90 Å². The van der Waals surface area contributed by atoms with Gasteiger partial charge in [-0.2, -0.15) is 0 Å². The van der Waals surface area contributed by atoms with Gasteiger partial charge in [0.15, 0.2) is 5.78 Å². The second kappa shape index (κ2) is 4.07. The molecule has 0 aromatic rings. The lowest BCUT2D eigenvalue weighted by molar-refractivity contribution is -0.138. The topological polar surface area (TPSA) is 37.3 Å². The van der Waals surface area contributed by atoms with Gasteiger partial charge < -0.3 is 5.11 Å². The van der Waals surface area contributed by atoms with Gasteiger partial charge in [0, 0.05) is 0 Å². The molecule has 11 heavy (non-hydrogen) atoms. The lowest BCUT2D eigenvalue weighted by atomic mass is 9.82. The van der Waals surface area contributed by atoms with Crippen LogP contribution in [0.3, 0.4) is 0 Å². The fraction of sp³-hybridized carbons (Fsp3) is 0.875. The molecule has 0 amide bonds. The molecule has 0 aromatic carbocycles.